The third-order valence-corrected chi connectivity index (χ3v) is 23.3. The van der Waals surface area contributed by atoms with Gasteiger partial charge in [-0.25, -0.2) is 0 Å². The van der Waals surface area contributed by atoms with Crippen LogP contribution in [0.25, 0.3) is 185 Å². The predicted octanol–water partition coefficient (Wildman–Crippen LogP) is 24.8. The molecule has 0 amide bonds. The summed E-state index contributed by atoms with van der Waals surface area (Å²) in [7, 11) is 0. The summed E-state index contributed by atoms with van der Waals surface area (Å²) in [4.78, 5) is 0. The molecular weight excluding hydrogens is 1370 g/mol. The fraction of sp³-hybridized carbons (Fsp3) is 0. The molecule has 0 atom stereocenters. The van der Waals surface area contributed by atoms with Gasteiger partial charge < -0.3 is 18.1 Å². The van der Waals surface area contributed by atoms with Crippen molar-refractivity contribution in [1.29, 1.82) is 0 Å². The van der Waals surface area contributed by atoms with Gasteiger partial charge >= 0.3 is 0 Å². The largest absolute Gasteiger partial charge is 0.416 e. The third-order valence-electron chi connectivity index (χ3n) is 19.4. The third kappa shape index (κ3) is 10.8. The van der Waals surface area contributed by atoms with Crippen LogP contribution in [-0.2, 0) is 0 Å². The summed E-state index contributed by atoms with van der Waals surface area (Å²) in [6.07, 6.45) is 0. The molecule has 0 aliphatic rings. The molecule has 0 radical (unpaired) electrons. The lowest BCUT2D eigenvalue weighted by atomic mass is 10.1. The standard InChI is InChI=1S/C34H22N4S.C28H17N3OS.C28H17N3S2/c1-3-10-24(11-4-1)33-35-36-34(38(33)26-13-5-2-6-14-26)25-12-9-15-27(22-25)37-29-17-8-7-16-28(29)31-30(37)19-18-23-20-21-39-32(23)31;1-2-7-19(8-3-1)27-29-30-28(32-27)20-9-6-10-21(17-20)31-23-12-5-4-11-22(23)25-24(31)14-13-18-15-16-33-26(18)25;1-2-7-19(8-3-1)27-29-30-28(33-27)20-9-6-10-21(17-20)31-23-12-5-4-11-22(23)25-24(31)14-13-18-15-16-32-26(18)25/h1-22H;2*1-17H. The van der Waals surface area contributed by atoms with Crippen LogP contribution in [-0.4, -0.2) is 48.9 Å². The van der Waals surface area contributed by atoms with Crippen molar-refractivity contribution in [3.63, 3.8) is 0 Å². The van der Waals surface area contributed by atoms with Crippen LogP contribution in [0.4, 0.5) is 0 Å². The van der Waals surface area contributed by atoms with E-state index in [-0.39, 0.29) is 0 Å². The molecule has 22 rings (SSSR count). The van der Waals surface area contributed by atoms with Crippen LogP contribution in [0, 0.1) is 0 Å². The predicted molar refractivity (Wildman–Crippen MR) is 437 cm³/mol. The fourth-order valence-corrected chi connectivity index (χ4v) is 18.5. The van der Waals surface area contributed by atoms with Gasteiger partial charge in [-0.05, 0) is 154 Å². The van der Waals surface area contributed by atoms with E-state index in [4.69, 9.17) is 9.52 Å². The Balaban J connectivity index is 0.000000105. The maximum atomic E-state index is 6.02. The van der Waals surface area contributed by atoms with Crippen molar-refractivity contribution in [3.05, 3.63) is 338 Å². The Hall–Kier alpha value is -13.0. The molecular formula is C90H56N10OS4. The van der Waals surface area contributed by atoms with Crippen LogP contribution in [0.3, 0.4) is 0 Å². The number of nitrogens with zero attached hydrogens (tertiary/aromatic N) is 10. The molecule has 9 aromatic heterocycles. The summed E-state index contributed by atoms with van der Waals surface area (Å²) in [6.45, 7) is 0. The highest BCUT2D eigenvalue weighted by Gasteiger charge is 2.23. The summed E-state index contributed by atoms with van der Waals surface area (Å²) < 4.78 is 19.2. The number of fused-ring (bicyclic) bond motifs is 15. The van der Waals surface area contributed by atoms with Crippen LogP contribution < -0.4 is 0 Å². The minimum atomic E-state index is 0.511. The second-order valence-electron chi connectivity index (χ2n) is 25.5. The van der Waals surface area contributed by atoms with E-state index in [0.29, 0.717) is 11.8 Å². The molecule has 0 aliphatic carbocycles. The van der Waals surface area contributed by atoms with Crippen molar-refractivity contribution in [2.24, 2.45) is 0 Å². The van der Waals surface area contributed by atoms with Gasteiger partial charge in [0.2, 0.25) is 11.8 Å². The van der Waals surface area contributed by atoms with Gasteiger partial charge in [-0.2, -0.15) is 0 Å². The van der Waals surface area contributed by atoms with E-state index in [1.54, 1.807) is 34.0 Å². The lowest BCUT2D eigenvalue weighted by Crippen LogP contribution is -2.01. The first-order valence-corrected chi connectivity index (χ1v) is 37.9. The Kier molecular flexibility index (Phi) is 15.4. The van der Waals surface area contributed by atoms with Crippen molar-refractivity contribution in [1.82, 2.24) is 48.9 Å². The molecule has 496 valence electrons. The lowest BCUT2D eigenvalue weighted by Gasteiger charge is -2.13. The van der Waals surface area contributed by atoms with E-state index in [9.17, 15) is 0 Å². The Bertz CT molecular complexity index is 6730. The number of thiophene rings is 3. The Morgan fingerprint density at radius 2 is 0.590 bits per heavy atom. The molecule has 0 unspecified atom stereocenters. The van der Waals surface area contributed by atoms with Crippen molar-refractivity contribution in [2.75, 3.05) is 0 Å². The summed E-state index contributed by atoms with van der Waals surface area (Å²) in [5.41, 5.74) is 17.6. The Morgan fingerprint density at radius 1 is 0.238 bits per heavy atom. The average molecular weight is 1420 g/mol. The fourth-order valence-electron chi connectivity index (χ4n) is 14.8. The zero-order valence-electron chi connectivity index (χ0n) is 55.8. The highest BCUT2D eigenvalue weighted by molar-refractivity contribution is 7.19. The summed E-state index contributed by atoms with van der Waals surface area (Å²) >= 11 is 7.04. The molecule has 105 heavy (non-hydrogen) atoms. The molecule has 22 aromatic rings. The molecule has 0 fully saturated rings. The van der Waals surface area contributed by atoms with Crippen molar-refractivity contribution < 1.29 is 4.42 Å². The molecule has 13 aromatic carbocycles. The van der Waals surface area contributed by atoms with Crippen LogP contribution in [0.15, 0.2) is 342 Å². The van der Waals surface area contributed by atoms with E-state index >= 15 is 0 Å². The zero-order chi connectivity index (χ0) is 69.3. The lowest BCUT2D eigenvalue weighted by molar-refractivity contribution is 0.584. The second-order valence-corrected chi connectivity index (χ2v) is 29.3. The Morgan fingerprint density at radius 3 is 1.08 bits per heavy atom. The van der Waals surface area contributed by atoms with Crippen LogP contribution in [0.5, 0.6) is 0 Å². The number of hydrogen-bond acceptors (Lipinski definition) is 11. The Labute approximate surface area is 617 Å². The molecule has 0 N–H and O–H groups in total. The first-order valence-electron chi connectivity index (χ1n) is 34.4. The number of para-hydroxylation sites is 4. The number of aromatic nitrogens is 10. The van der Waals surface area contributed by atoms with Crippen LogP contribution in [0.1, 0.15) is 0 Å². The van der Waals surface area contributed by atoms with Gasteiger partial charge in [0.25, 0.3) is 0 Å². The maximum Gasteiger partial charge on any atom is 0.248 e. The van der Waals surface area contributed by atoms with E-state index in [0.717, 1.165) is 77.8 Å². The topological polar surface area (TPSA) is 110 Å². The van der Waals surface area contributed by atoms with Crippen molar-refractivity contribution >= 4 is 141 Å². The molecule has 0 aliphatic heterocycles. The van der Waals surface area contributed by atoms with E-state index in [1.165, 1.54) is 95.7 Å². The van der Waals surface area contributed by atoms with Gasteiger partial charge in [0.15, 0.2) is 11.6 Å². The number of rotatable bonds is 10. The SMILES string of the molecule is c1ccc(-c2nnc(-c3cccc(-n4c5ccccc5c5c6sccc6ccc54)c3)n2-c2ccccc2)cc1.c1ccc(-c2nnc(-c3cccc(-n4c5ccccc5c5c6sccc6ccc54)c3)o2)cc1.c1ccc(-c2nnc(-c3cccc(-n4c5ccccc5c5c6sccc6ccc54)c3)s2)cc1. The van der Waals surface area contributed by atoms with Crippen LogP contribution >= 0.6 is 45.3 Å². The molecule has 0 saturated carbocycles. The van der Waals surface area contributed by atoms with Crippen molar-refractivity contribution in [3.8, 4) is 89.6 Å². The first-order chi connectivity index (χ1) is 52.1. The van der Waals surface area contributed by atoms with Gasteiger partial charge in [0.05, 0.1) is 33.1 Å². The van der Waals surface area contributed by atoms with Gasteiger partial charge in [0, 0.05) is 103 Å². The van der Waals surface area contributed by atoms with E-state index in [2.05, 4.69) is 284 Å². The average Bonchev–Trinajstić information content (AvgIpc) is 1.59. The molecule has 0 bridgehead atoms. The maximum absolute atomic E-state index is 6.02. The molecule has 15 heteroatoms. The van der Waals surface area contributed by atoms with Gasteiger partial charge in [0.1, 0.15) is 10.0 Å². The molecule has 0 saturated heterocycles. The van der Waals surface area contributed by atoms with E-state index in [1.807, 2.05) is 108 Å². The minimum absolute atomic E-state index is 0.511. The van der Waals surface area contributed by atoms with E-state index < -0.39 is 0 Å². The normalized spacial score (nSPS) is 11.6. The first kappa shape index (κ1) is 61.8. The van der Waals surface area contributed by atoms with Crippen LogP contribution in [0.2, 0.25) is 0 Å². The minimum Gasteiger partial charge on any atom is -0.416 e. The summed E-state index contributed by atoms with van der Waals surface area (Å²) in [5, 5.41) is 46.9. The summed E-state index contributed by atoms with van der Waals surface area (Å²) in [5.74, 6) is 2.66. The molecule has 9 heterocycles. The monoisotopic (exact) mass is 1420 g/mol. The highest BCUT2D eigenvalue weighted by atomic mass is 32.1. The molecule has 11 nitrogen and oxygen atoms in total. The second kappa shape index (κ2) is 26.1. The van der Waals surface area contributed by atoms with Gasteiger partial charge in [-0.1, -0.05) is 212 Å². The summed E-state index contributed by atoms with van der Waals surface area (Å²) in [6, 6.07) is 112. The quantitative estimate of drug-likeness (QED) is 0.134. The number of benzene rings is 13. The number of hydrogen-bond donors (Lipinski definition) is 0. The van der Waals surface area contributed by atoms with Gasteiger partial charge in [-0.15, -0.1) is 64.6 Å². The molecule has 0 spiro atoms. The zero-order valence-corrected chi connectivity index (χ0v) is 59.1. The smallest absolute Gasteiger partial charge is 0.248 e. The highest BCUT2D eigenvalue weighted by Crippen LogP contribution is 2.44. The van der Waals surface area contributed by atoms with Gasteiger partial charge in [-0.3, -0.25) is 4.57 Å². The van der Waals surface area contributed by atoms with Crippen molar-refractivity contribution in [2.45, 2.75) is 0 Å².